The van der Waals surface area contributed by atoms with Gasteiger partial charge in [0.2, 0.25) is 0 Å². The normalized spacial score (nSPS) is 13.1. The molecule has 6 heteroatoms. The van der Waals surface area contributed by atoms with E-state index in [4.69, 9.17) is 16.6 Å². The monoisotopic (exact) mass is 1250 g/mol. The zero-order chi connectivity index (χ0) is 60.9. The number of imidazole rings is 1. The molecule has 12 aromatic rings. The molecule has 82 heavy (non-hydrogen) atoms. The number of benzene rings is 9. The van der Waals surface area contributed by atoms with Crippen LogP contribution in [0.4, 0.5) is 0 Å². The van der Waals surface area contributed by atoms with E-state index in [1.165, 1.54) is 33.4 Å². The number of hydrogen-bond acceptors (Lipinski definition) is 2. The van der Waals surface area contributed by atoms with E-state index < -0.39 is 18.1 Å². The van der Waals surface area contributed by atoms with Crippen molar-refractivity contribution in [2.75, 3.05) is 0 Å². The quantitative estimate of drug-likeness (QED) is 0.107. The van der Waals surface area contributed by atoms with Gasteiger partial charge in [-0.3, -0.25) is 4.57 Å². The minimum Gasteiger partial charge on any atom is -0.510 e. The summed E-state index contributed by atoms with van der Waals surface area (Å²) in [5, 5.41) is 2.08. The Morgan fingerprint density at radius 2 is 1.00 bits per heavy atom. The number of rotatable bonds is 9. The van der Waals surface area contributed by atoms with Crippen molar-refractivity contribution in [1.82, 2.24) is 14.1 Å². The Morgan fingerprint density at radius 3 is 1.60 bits per heavy atom. The van der Waals surface area contributed by atoms with Crippen molar-refractivity contribution in [3.05, 3.63) is 247 Å². The van der Waals surface area contributed by atoms with Crippen molar-refractivity contribution in [1.29, 1.82) is 0 Å². The fourth-order valence-corrected chi connectivity index (χ4v) is 10.7. The maximum absolute atomic E-state index is 8.82. The van der Waals surface area contributed by atoms with Crippen LogP contribution in [0.2, 0.25) is 0 Å². The van der Waals surface area contributed by atoms with Crippen LogP contribution in [-0.2, 0) is 42.7 Å². The summed E-state index contributed by atoms with van der Waals surface area (Å²) in [4.78, 5) is 5.28. The smallest absolute Gasteiger partial charge is 0.268 e. The number of nitrogens with zero attached hydrogens (tertiary/aromatic N) is 4. The summed E-state index contributed by atoms with van der Waals surface area (Å²) in [5.41, 5.74) is 17.0. The number of ether oxygens (including phenoxy) is 1. The molecule has 0 atom stereocenters. The van der Waals surface area contributed by atoms with Crippen LogP contribution in [0.25, 0.3) is 94.5 Å². The van der Waals surface area contributed by atoms with Crippen molar-refractivity contribution in [3.63, 3.8) is 0 Å². The molecule has 9 aromatic carbocycles. The Kier molecular flexibility index (Phi) is 12.9. The fourth-order valence-electron chi connectivity index (χ4n) is 10.7. The summed E-state index contributed by atoms with van der Waals surface area (Å²) in [6, 6.07) is 64.2. The molecule has 3 heterocycles. The minimum atomic E-state index is -0.439. The third-order valence-corrected chi connectivity index (χ3v) is 15.5. The summed E-state index contributed by atoms with van der Waals surface area (Å²) in [7, 11) is 0. The molecule has 0 unspecified atom stereocenters. The van der Waals surface area contributed by atoms with Gasteiger partial charge in [-0.1, -0.05) is 216 Å². The molecule has 0 fully saturated rings. The Bertz CT molecular complexity index is 4480. The molecule has 0 amide bonds. The van der Waals surface area contributed by atoms with Gasteiger partial charge in [-0.05, 0) is 136 Å². The number of aromatic nitrogens is 4. The van der Waals surface area contributed by atoms with Gasteiger partial charge < -0.3 is 13.9 Å². The number of hydrogen-bond donors (Lipinski definition) is 0. The van der Waals surface area contributed by atoms with E-state index in [-0.39, 0.29) is 60.4 Å². The van der Waals surface area contributed by atoms with Crippen LogP contribution in [0.1, 0.15) is 112 Å². The van der Waals surface area contributed by atoms with Crippen LogP contribution in [-0.4, -0.2) is 14.1 Å². The molecular weight excluding hydrogens is 1180 g/mol. The van der Waals surface area contributed by atoms with Gasteiger partial charge in [0.1, 0.15) is 5.82 Å². The standard InChI is InChI=1S/C76H70N4O.Pt/c1-73(2,3)57-40-55(41-58(44-57)74(4,5)6)53-37-52(38-54(39-53)56-42-59(75(7,8)9)45-60(43-56)76(10,11)12)51-33-36-72(77-48-51)80-68-30-19-17-28-65(68)66-35-34-63(47-71(66)80)81-62-26-22-25-61(46-62)78-49-79(70-32-21-20-31-69(70)78)67-29-18-16-27-64(67)50-23-14-13-15-24-50;/h13-45,48H,1-12H3;/q-2;/i13D,14D,15D,23D,24D;. The molecule has 412 valence electrons. The average Bonchev–Trinajstić information content (AvgIpc) is 1.76. The number of fused-ring (bicyclic) bond motifs is 4. The SMILES string of the molecule is [2H]c1c([2H])c([2H])c(-c2ccccc2-[n+]2[c-]n(-c3[c-]c(Oc4[c-]c5c(cc4)c4ccccc4n5-c4ccc(-c5cc(-c6cc(C(C)(C)C)cc(C(C)(C)C)c6)cc(-c6cc(C(C)(C)C)cc(C(C)(C)C)c6)c5)cn4)ccc3)c3ccccc32)c([2H])c1[2H].[Pt]. The number of pyridine rings is 1. The third-order valence-electron chi connectivity index (χ3n) is 15.5. The van der Waals surface area contributed by atoms with Gasteiger partial charge >= 0.3 is 0 Å². The molecule has 0 aliphatic heterocycles. The molecular formula is C76H70N4OPt-2. The maximum Gasteiger partial charge on any atom is 0.268 e. The third kappa shape index (κ3) is 10.9. The number of para-hydroxylation sites is 4. The summed E-state index contributed by atoms with van der Waals surface area (Å²) >= 11 is 0. The van der Waals surface area contributed by atoms with Crippen molar-refractivity contribution < 1.29 is 37.2 Å². The van der Waals surface area contributed by atoms with E-state index >= 15 is 0 Å². The van der Waals surface area contributed by atoms with Crippen LogP contribution >= 0.6 is 0 Å². The molecule has 0 spiro atoms. The van der Waals surface area contributed by atoms with Gasteiger partial charge in [0, 0.05) is 49.8 Å². The first kappa shape index (κ1) is 49.7. The second-order valence-corrected chi connectivity index (χ2v) is 25.5. The molecule has 0 aliphatic carbocycles. The van der Waals surface area contributed by atoms with E-state index in [0.717, 1.165) is 60.9 Å². The first-order valence-corrected chi connectivity index (χ1v) is 27.9. The molecule has 0 saturated heterocycles. The zero-order valence-corrected chi connectivity index (χ0v) is 51.0. The van der Waals surface area contributed by atoms with E-state index in [0.29, 0.717) is 28.4 Å². The van der Waals surface area contributed by atoms with Gasteiger partial charge in [-0.2, -0.15) is 18.2 Å². The van der Waals surface area contributed by atoms with E-state index in [1.54, 1.807) is 12.1 Å². The van der Waals surface area contributed by atoms with Crippen LogP contribution in [0, 0.1) is 18.5 Å². The Labute approximate surface area is 506 Å². The molecule has 5 nitrogen and oxygen atoms in total. The molecule has 12 rings (SSSR count). The topological polar surface area (TPSA) is 35.9 Å². The molecule has 0 bridgehead atoms. The van der Waals surface area contributed by atoms with Crippen molar-refractivity contribution in [2.45, 2.75) is 105 Å². The fraction of sp³-hybridized carbons (Fsp3) is 0.211. The van der Waals surface area contributed by atoms with Crippen LogP contribution < -0.4 is 9.30 Å². The van der Waals surface area contributed by atoms with Crippen molar-refractivity contribution in [2.24, 2.45) is 0 Å². The summed E-state index contributed by atoms with van der Waals surface area (Å²) < 4.78 is 55.3. The second-order valence-electron chi connectivity index (χ2n) is 25.5. The zero-order valence-electron chi connectivity index (χ0n) is 53.8. The average molecular weight is 1260 g/mol. The van der Waals surface area contributed by atoms with E-state index in [1.807, 2.05) is 76.0 Å². The van der Waals surface area contributed by atoms with Crippen molar-refractivity contribution in [3.8, 4) is 73.2 Å². The Morgan fingerprint density at radius 1 is 0.463 bits per heavy atom. The molecule has 3 aromatic heterocycles. The molecule has 0 radical (unpaired) electrons. The van der Waals surface area contributed by atoms with Crippen LogP contribution in [0.3, 0.4) is 0 Å². The van der Waals surface area contributed by atoms with Gasteiger partial charge in [-0.15, -0.1) is 29.7 Å². The summed E-state index contributed by atoms with van der Waals surface area (Å²) in [5.74, 6) is 1.70. The van der Waals surface area contributed by atoms with E-state index in [2.05, 4.69) is 203 Å². The van der Waals surface area contributed by atoms with Crippen molar-refractivity contribution >= 4 is 32.8 Å². The molecule has 0 aliphatic rings. The van der Waals surface area contributed by atoms with Gasteiger partial charge in [0.05, 0.1) is 23.6 Å². The Hall–Kier alpha value is -8.11. The Balaban J connectivity index is 0.00000784. The van der Waals surface area contributed by atoms with Gasteiger partial charge in [0.15, 0.2) is 0 Å². The molecule has 0 N–H and O–H groups in total. The van der Waals surface area contributed by atoms with Gasteiger partial charge in [-0.25, -0.2) is 4.98 Å². The largest absolute Gasteiger partial charge is 0.510 e. The molecule has 0 saturated carbocycles. The minimum absolute atomic E-state index is 0. The predicted molar refractivity (Wildman–Crippen MR) is 337 cm³/mol. The summed E-state index contributed by atoms with van der Waals surface area (Å²) in [6.45, 7) is 27.6. The first-order chi connectivity index (χ1) is 40.7. The van der Waals surface area contributed by atoms with Crippen LogP contribution in [0.15, 0.2) is 206 Å². The van der Waals surface area contributed by atoms with Gasteiger partial charge in [0.25, 0.3) is 6.33 Å². The predicted octanol–water partition coefficient (Wildman–Crippen LogP) is 19.4. The van der Waals surface area contributed by atoms with Crippen LogP contribution in [0.5, 0.6) is 11.5 Å². The maximum atomic E-state index is 8.82. The second kappa shape index (κ2) is 21.3. The summed E-state index contributed by atoms with van der Waals surface area (Å²) in [6.07, 6.45) is 5.50. The van der Waals surface area contributed by atoms with E-state index in [9.17, 15) is 0 Å². The first-order valence-electron chi connectivity index (χ1n) is 30.4.